The highest BCUT2D eigenvalue weighted by molar-refractivity contribution is 7.89. The number of aliphatic hydroxyl groups is 1. The van der Waals surface area contributed by atoms with Crippen molar-refractivity contribution in [3.8, 4) is 0 Å². The summed E-state index contributed by atoms with van der Waals surface area (Å²) in [6.45, 7) is 1.99. The van der Waals surface area contributed by atoms with Gasteiger partial charge in [-0.15, -0.1) is 0 Å². The van der Waals surface area contributed by atoms with Gasteiger partial charge in [-0.2, -0.15) is 4.31 Å². The molecule has 3 rings (SSSR count). The lowest BCUT2D eigenvalue weighted by atomic mass is 10.1. The number of hydrogen-bond acceptors (Lipinski definition) is 5. The molecule has 1 N–H and O–H groups in total. The Morgan fingerprint density at radius 1 is 1.29 bits per heavy atom. The standard InChI is InChI=1S/C14H15NO5S/c1-14(17)6-7-15(9-14)21(18,19)11-3-4-12-10(8-11)2-5-13(16)20-12/h2-5,8,17H,6-7,9H2,1H3. The maximum atomic E-state index is 12.6. The van der Waals surface area contributed by atoms with E-state index in [0.717, 1.165) is 0 Å². The molecule has 6 nitrogen and oxygen atoms in total. The fourth-order valence-electron chi connectivity index (χ4n) is 2.47. The summed E-state index contributed by atoms with van der Waals surface area (Å²) in [7, 11) is -3.66. The van der Waals surface area contributed by atoms with Crippen LogP contribution in [0, 0.1) is 0 Å². The Labute approximate surface area is 121 Å². The van der Waals surface area contributed by atoms with Crippen LogP contribution in [0.15, 0.2) is 44.4 Å². The second-order valence-corrected chi connectivity index (χ2v) is 7.48. The molecule has 0 aliphatic carbocycles. The van der Waals surface area contributed by atoms with Crippen LogP contribution >= 0.6 is 0 Å². The lowest BCUT2D eigenvalue weighted by molar-refractivity contribution is 0.0762. The second-order valence-electron chi connectivity index (χ2n) is 5.54. The minimum atomic E-state index is -3.66. The average molecular weight is 309 g/mol. The van der Waals surface area contributed by atoms with Crippen molar-refractivity contribution in [2.24, 2.45) is 0 Å². The second kappa shape index (κ2) is 4.66. The van der Waals surface area contributed by atoms with E-state index < -0.39 is 21.2 Å². The summed E-state index contributed by atoms with van der Waals surface area (Å²) >= 11 is 0. The highest BCUT2D eigenvalue weighted by Gasteiger charge is 2.38. The molecule has 0 spiro atoms. The van der Waals surface area contributed by atoms with Crippen LogP contribution in [-0.2, 0) is 10.0 Å². The SMILES string of the molecule is CC1(O)CCN(S(=O)(=O)c2ccc3oc(=O)ccc3c2)C1. The van der Waals surface area contributed by atoms with Crippen LogP contribution in [0.5, 0.6) is 0 Å². The Morgan fingerprint density at radius 2 is 2.05 bits per heavy atom. The van der Waals surface area contributed by atoms with Crippen LogP contribution < -0.4 is 5.63 Å². The Balaban J connectivity index is 2.03. The number of rotatable bonds is 2. The van der Waals surface area contributed by atoms with Crippen LogP contribution in [-0.4, -0.2) is 36.5 Å². The van der Waals surface area contributed by atoms with Gasteiger partial charge in [0.2, 0.25) is 10.0 Å². The molecule has 1 fully saturated rings. The minimum Gasteiger partial charge on any atom is -0.423 e. The molecule has 1 aliphatic heterocycles. The molecule has 2 aromatic rings. The number of fused-ring (bicyclic) bond motifs is 1. The molecular formula is C14H15NO5S. The number of nitrogens with zero attached hydrogens (tertiary/aromatic N) is 1. The maximum Gasteiger partial charge on any atom is 0.336 e. The van der Waals surface area contributed by atoms with Crippen molar-refractivity contribution in [3.05, 3.63) is 40.8 Å². The zero-order valence-corrected chi connectivity index (χ0v) is 12.3. The first kappa shape index (κ1) is 14.2. The first-order chi connectivity index (χ1) is 9.78. The molecule has 1 saturated heterocycles. The number of sulfonamides is 1. The van der Waals surface area contributed by atoms with E-state index in [9.17, 15) is 18.3 Å². The van der Waals surface area contributed by atoms with Crippen molar-refractivity contribution < 1.29 is 17.9 Å². The van der Waals surface area contributed by atoms with Crippen molar-refractivity contribution in [1.82, 2.24) is 4.31 Å². The minimum absolute atomic E-state index is 0.0806. The predicted octanol–water partition coefficient (Wildman–Crippen LogP) is 0.938. The molecule has 0 bridgehead atoms. The third-order valence-electron chi connectivity index (χ3n) is 3.65. The molecule has 1 atom stereocenters. The molecule has 21 heavy (non-hydrogen) atoms. The first-order valence-corrected chi connectivity index (χ1v) is 7.98. The largest absolute Gasteiger partial charge is 0.423 e. The summed E-state index contributed by atoms with van der Waals surface area (Å²) in [4.78, 5) is 11.3. The van der Waals surface area contributed by atoms with Crippen molar-refractivity contribution in [2.45, 2.75) is 23.8 Å². The van der Waals surface area contributed by atoms with Crippen molar-refractivity contribution in [3.63, 3.8) is 0 Å². The molecule has 7 heteroatoms. The Hall–Kier alpha value is -1.70. The van der Waals surface area contributed by atoms with Crippen LogP contribution in [0.4, 0.5) is 0 Å². The van der Waals surface area contributed by atoms with Gasteiger partial charge in [-0.1, -0.05) is 0 Å². The maximum absolute atomic E-state index is 12.6. The summed E-state index contributed by atoms with van der Waals surface area (Å²) in [5.41, 5.74) is -1.12. The van der Waals surface area contributed by atoms with Gasteiger partial charge >= 0.3 is 5.63 Å². The van der Waals surface area contributed by atoms with Gasteiger partial charge < -0.3 is 9.52 Å². The number of β-amino-alcohol motifs (C(OH)–C–C–N with tert-alkyl or cyclic N) is 1. The average Bonchev–Trinajstić information content (AvgIpc) is 2.79. The van der Waals surface area contributed by atoms with Gasteiger partial charge in [0.25, 0.3) is 0 Å². The third-order valence-corrected chi connectivity index (χ3v) is 5.49. The van der Waals surface area contributed by atoms with Gasteiger partial charge in [0.15, 0.2) is 0 Å². The normalized spacial score (nSPS) is 23.7. The van der Waals surface area contributed by atoms with Crippen molar-refractivity contribution >= 4 is 21.0 Å². The molecule has 1 unspecified atom stereocenters. The number of benzene rings is 1. The monoisotopic (exact) mass is 309 g/mol. The van der Waals surface area contributed by atoms with E-state index in [1.54, 1.807) is 6.92 Å². The van der Waals surface area contributed by atoms with Gasteiger partial charge in [-0.05, 0) is 37.6 Å². The third kappa shape index (κ3) is 2.59. The molecule has 0 saturated carbocycles. The summed E-state index contributed by atoms with van der Waals surface area (Å²) in [6.07, 6.45) is 0.411. The van der Waals surface area contributed by atoms with Crippen molar-refractivity contribution in [2.75, 3.05) is 13.1 Å². The van der Waals surface area contributed by atoms with Crippen LogP contribution in [0.3, 0.4) is 0 Å². The fourth-order valence-corrected chi connectivity index (χ4v) is 4.06. The molecule has 0 amide bonds. The Morgan fingerprint density at radius 3 is 2.71 bits per heavy atom. The predicted molar refractivity (Wildman–Crippen MR) is 76.5 cm³/mol. The summed E-state index contributed by atoms with van der Waals surface area (Å²) in [5, 5.41) is 10.5. The van der Waals surface area contributed by atoms with E-state index in [0.29, 0.717) is 17.4 Å². The van der Waals surface area contributed by atoms with Crippen molar-refractivity contribution in [1.29, 1.82) is 0 Å². The summed E-state index contributed by atoms with van der Waals surface area (Å²) in [6, 6.07) is 7.13. The van der Waals surface area contributed by atoms with Crippen LogP contribution in [0.1, 0.15) is 13.3 Å². The Kier molecular flexibility index (Phi) is 3.16. The molecule has 1 aliphatic rings. The summed E-state index contributed by atoms with van der Waals surface area (Å²) in [5.74, 6) is 0. The fraction of sp³-hybridized carbons (Fsp3) is 0.357. The van der Waals surface area contributed by atoms with Crippen LogP contribution in [0.25, 0.3) is 11.0 Å². The van der Waals surface area contributed by atoms with Gasteiger partial charge in [0.05, 0.1) is 10.5 Å². The van der Waals surface area contributed by atoms with E-state index in [1.165, 1.54) is 34.6 Å². The first-order valence-electron chi connectivity index (χ1n) is 6.54. The zero-order chi connectivity index (χ0) is 15.3. The zero-order valence-electron chi connectivity index (χ0n) is 11.4. The molecule has 0 radical (unpaired) electrons. The Bertz CT molecular complexity index is 853. The highest BCUT2D eigenvalue weighted by atomic mass is 32.2. The quantitative estimate of drug-likeness (QED) is 0.834. The van der Waals surface area contributed by atoms with Gasteiger partial charge in [0.1, 0.15) is 5.58 Å². The van der Waals surface area contributed by atoms with Gasteiger partial charge in [-0.3, -0.25) is 0 Å². The molecule has 112 valence electrons. The topological polar surface area (TPSA) is 87.8 Å². The lowest BCUT2D eigenvalue weighted by Gasteiger charge is -2.19. The highest BCUT2D eigenvalue weighted by Crippen LogP contribution is 2.28. The van der Waals surface area contributed by atoms with E-state index in [4.69, 9.17) is 4.42 Å². The lowest BCUT2D eigenvalue weighted by Crippen LogP contribution is -2.33. The van der Waals surface area contributed by atoms with Gasteiger partial charge in [0, 0.05) is 24.5 Å². The smallest absolute Gasteiger partial charge is 0.336 e. The van der Waals surface area contributed by atoms with Crippen LogP contribution in [0.2, 0.25) is 0 Å². The van der Waals surface area contributed by atoms with E-state index >= 15 is 0 Å². The summed E-state index contributed by atoms with van der Waals surface area (Å²) < 4.78 is 31.4. The van der Waals surface area contributed by atoms with Gasteiger partial charge in [-0.25, -0.2) is 13.2 Å². The molecule has 1 aromatic heterocycles. The molecule has 2 heterocycles. The van der Waals surface area contributed by atoms with E-state index in [1.807, 2.05) is 0 Å². The molecule has 1 aromatic carbocycles. The molecular weight excluding hydrogens is 294 g/mol. The van der Waals surface area contributed by atoms with E-state index in [-0.39, 0.29) is 18.0 Å². The van der Waals surface area contributed by atoms with E-state index in [2.05, 4.69) is 0 Å². The number of hydrogen-bond donors (Lipinski definition) is 1.